The number of hydrogen-bond donors (Lipinski definition) is 2. The van der Waals surface area contributed by atoms with E-state index >= 15 is 0 Å². The maximum Gasteiger partial charge on any atom is 2.00 e. The Morgan fingerprint density at radius 1 is 0.789 bits per heavy atom. The summed E-state index contributed by atoms with van der Waals surface area (Å²) in [4.78, 5) is 12.0. The molecule has 3 nitrogen and oxygen atoms in total. The minimum atomic E-state index is -0.0488. The fourth-order valence-corrected chi connectivity index (χ4v) is 1.47. The molecule has 0 aliphatic rings. The van der Waals surface area contributed by atoms with E-state index in [0.717, 1.165) is 0 Å². The van der Waals surface area contributed by atoms with Gasteiger partial charge in [-0.3, -0.25) is 4.79 Å². The fraction of sp³-hybridized carbons (Fsp3) is 0. The summed E-state index contributed by atoms with van der Waals surface area (Å²) in [6.45, 7) is 0. The molecular weight excluding hydrogens is 466 g/mol. The van der Waals surface area contributed by atoms with Crippen LogP contribution < -0.4 is 36.3 Å². The quantitative estimate of drug-likeness (QED) is 0.343. The van der Waals surface area contributed by atoms with Gasteiger partial charge in [0.05, 0.1) is 11.4 Å². The maximum absolute atomic E-state index is 12.0. The zero-order valence-electron chi connectivity index (χ0n) is 9.75. The van der Waals surface area contributed by atoms with Gasteiger partial charge >= 0.3 is 21.1 Å². The molecule has 0 fully saturated rings. The van der Waals surface area contributed by atoms with Crippen molar-refractivity contribution in [3.63, 3.8) is 0 Å². The average Bonchev–Trinajstić information content (AvgIpc) is 2.33. The minimum Gasteiger partial charge on any atom is -1.00 e. The van der Waals surface area contributed by atoms with Crippen molar-refractivity contribution in [2.45, 2.75) is 0 Å². The van der Waals surface area contributed by atoms with Crippen molar-refractivity contribution in [3.8, 4) is 0 Å². The third kappa shape index (κ3) is 4.87. The van der Waals surface area contributed by atoms with E-state index in [4.69, 9.17) is 11.5 Å². The summed E-state index contributed by atoms with van der Waals surface area (Å²) in [6.07, 6.45) is 0. The summed E-state index contributed by atoms with van der Waals surface area (Å²) in [6, 6.07) is 14.0. The first-order chi connectivity index (χ1) is 7.68. The van der Waals surface area contributed by atoms with E-state index in [1.807, 2.05) is 18.2 Å². The molecule has 19 heavy (non-hydrogen) atoms. The molecule has 4 N–H and O–H groups in total. The molecule has 0 aliphatic carbocycles. The van der Waals surface area contributed by atoms with Gasteiger partial charge in [0, 0.05) is 11.1 Å². The second-order valence-corrected chi connectivity index (χ2v) is 3.54. The Morgan fingerprint density at radius 2 is 1.37 bits per heavy atom. The van der Waals surface area contributed by atoms with Crippen LogP contribution in [-0.2, 0) is 21.1 Å². The Labute approximate surface area is 138 Å². The molecule has 0 radical (unpaired) electrons. The first-order valence-corrected chi connectivity index (χ1v) is 4.93. The minimum absolute atomic E-state index is 0. The van der Waals surface area contributed by atoms with Gasteiger partial charge in [-0.05, 0) is 18.2 Å². The van der Waals surface area contributed by atoms with Crippen molar-refractivity contribution in [2.24, 2.45) is 0 Å². The van der Waals surface area contributed by atoms with E-state index in [-0.39, 0.29) is 51.7 Å². The van der Waals surface area contributed by atoms with E-state index < -0.39 is 0 Å². The number of rotatable bonds is 2. The molecular formula is C13H12Cl2N2OPt. The van der Waals surface area contributed by atoms with E-state index in [2.05, 4.69) is 0 Å². The van der Waals surface area contributed by atoms with Gasteiger partial charge in [-0.1, -0.05) is 30.3 Å². The van der Waals surface area contributed by atoms with Crippen LogP contribution in [0, 0.1) is 0 Å². The number of carbonyl (C=O) groups is 1. The van der Waals surface area contributed by atoms with Crippen LogP contribution >= 0.6 is 0 Å². The Bertz CT molecular complexity index is 535. The summed E-state index contributed by atoms with van der Waals surface area (Å²) in [5.74, 6) is -0.0488. The van der Waals surface area contributed by atoms with Gasteiger partial charge in [0.2, 0.25) is 0 Å². The van der Waals surface area contributed by atoms with Crippen molar-refractivity contribution < 1.29 is 50.7 Å². The summed E-state index contributed by atoms with van der Waals surface area (Å²) >= 11 is 0. The topological polar surface area (TPSA) is 69.1 Å². The molecule has 0 saturated carbocycles. The molecule has 0 amide bonds. The monoisotopic (exact) mass is 477 g/mol. The Morgan fingerprint density at radius 3 is 1.89 bits per heavy atom. The molecule has 104 valence electrons. The van der Waals surface area contributed by atoms with Crippen LogP contribution in [0.5, 0.6) is 0 Å². The number of benzene rings is 2. The van der Waals surface area contributed by atoms with Crippen LogP contribution in [0.15, 0.2) is 48.5 Å². The normalized spacial score (nSPS) is 8.42. The number of nitrogens with two attached hydrogens (primary N) is 2. The third-order valence-corrected chi connectivity index (χ3v) is 2.38. The Hall–Kier alpha value is -1.02. The summed E-state index contributed by atoms with van der Waals surface area (Å²) in [5.41, 5.74) is 13.4. The van der Waals surface area contributed by atoms with Crippen LogP contribution in [0.25, 0.3) is 0 Å². The standard InChI is InChI=1S/C13H12N2O.2ClH.Pt/c14-11-7-6-10(8-12(11)15)13(16)9-4-2-1-3-5-9;;;/h1-8H,14-15H2;2*1H;/q;;;+2/p-2. The van der Waals surface area contributed by atoms with Crippen LogP contribution in [0.1, 0.15) is 15.9 Å². The van der Waals surface area contributed by atoms with Crippen LogP contribution in [0.2, 0.25) is 0 Å². The van der Waals surface area contributed by atoms with Crippen molar-refractivity contribution in [3.05, 3.63) is 59.7 Å². The number of halogens is 2. The molecule has 6 heteroatoms. The zero-order chi connectivity index (χ0) is 11.5. The van der Waals surface area contributed by atoms with Gasteiger partial charge in [-0.2, -0.15) is 0 Å². The molecule has 0 atom stereocenters. The Kier molecular flexibility index (Phi) is 9.59. The molecule has 2 rings (SSSR count). The van der Waals surface area contributed by atoms with Crippen LogP contribution in [0.3, 0.4) is 0 Å². The number of ketones is 1. The predicted molar refractivity (Wildman–Crippen MR) is 65.1 cm³/mol. The molecule has 2 aromatic carbocycles. The van der Waals surface area contributed by atoms with Gasteiger partial charge in [0.1, 0.15) is 0 Å². The summed E-state index contributed by atoms with van der Waals surface area (Å²) in [7, 11) is 0. The van der Waals surface area contributed by atoms with Crippen LogP contribution in [-0.4, -0.2) is 5.78 Å². The third-order valence-electron chi connectivity index (χ3n) is 2.38. The molecule has 0 aliphatic heterocycles. The smallest absolute Gasteiger partial charge is 1.00 e. The van der Waals surface area contributed by atoms with Gasteiger partial charge in [-0.25, -0.2) is 0 Å². The van der Waals surface area contributed by atoms with E-state index in [1.54, 1.807) is 30.3 Å². The fourth-order valence-electron chi connectivity index (χ4n) is 1.47. The number of carbonyl (C=O) groups excluding carboxylic acids is 1. The summed E-state index contributed by atoms with van der Waals surface area (Å²) < 4.78 is 0. The molecule has 2 aromatic rings. The number of anilines is 2. The van der Waals surface area contributed by atoms with Gasteiger partial charge in [0.25, 0.3) is 0 Å². The molecule has 0 aromatic heterocycles. The molecule has 0 heterocycles. The van der Waals surface area contributed by atoms with Crippen LogP contribution in [0.4, 0.5) is 11.4 Å². The first kappa shape index (κ1) is 20.3. The largest absolute Gasteiger partial charge is 2.00 e. The van der Waals surface area contributed by atoms with Crippen molar-refractivity contribution in [1.82, 2.24) is 0 Å². The maximum atomic E-state index is 12.0. The van der Waals surface area contributed by atoms with E-state index in [0.29, 0.717) is 22.5 Å². The number of hydrogen-bond acceptors (Lipinski definition) is 3. The second-order valence-electron chi connectivity index (χ2n) is 3.54. The second kappa shape index (κ2) is 8.97. The predicted octanol–water partition coefficient (Wildman–Crippen LogP) is -3.91. The van der Waals surface area contributed by atoms with Gasteiger partial charge < -0.3 is 36.3 Å². The van der Waals surface area contributed by atoms with Crippen molar-refractivity contribution in [2.75, 3.05) is 11.5 Å². The van der Waals surface area contributed by atoms with E-state index in [9.17, 15) is 4.79 Å². The zero-order valence-corrected chi connectivity index (χ0v) is 13.5. The Balaban J connectivity index is 0. The molecule has 0 saturated heterocycles. The summed E-state index contributed by atoms with van der Waals surface area (Å²) in [5, 5.41) is 0. The van der Waals surface area contributed by atoms with Crippen molar-refractivity contribution in [1.29, 1.82) is 0 Å². The molecule has 0 bridgehead atoms. The first-order valence-electron chi connectivity index (χ1n) is 4.93. The average molecular weight is 478 g/mol. The SMILES string of the molecule is Nc1ccc(C(=O)c2ccccc2)cc1N.[Cl-].[Cl-].[Pt+2]. The number of nitrogen functional groups attached to an aromatic ring is 2. The van der Waals surface area contributed by atoms with Gasteiger partial charge in [-0.15, -0.1) is 0 Å². The molecule has 0 spiro atoms. The molecule has 0 unspecified atom stereocenters. The van der Waals surface area contributed by atoms with E-state index in [1.165, 1.54) is 0 Å². The van der Waals surface area contributed by atoms with Crippen molar-refractivity contribution >= 4 is 17.2 Å². The van der Waals surface area contributed by atoms with Gasteiger partial charge in [0.15, 0.2) is 5.78 Å².